The Morgan fingerprint density at radius 1 is 1.47 bits per heavy atom. The number of Topliss-reactive ketones (excluding diaryl/α,β-unsaturated/α-hetero) is 1. The Bertz CT molecular complexity index is 411. The van der Waals surface area contributed by atoms with Gasteiger partial charge in [0.1, 0.15) is 18.3 Å². The molecule has 0 aromatic heterocycles. The lowest BCUT2D eigenvalue weighted by Crippen LogP contribution is -2.31. The van der Waals surface area contributed by atoms with Gasteiger partial charge < -0.3 is 9.47 Å². The highest BCUT2D eigenvalue weighted by atomic mass is 16.5. The maximum absolute atomic E-state index is 11.5. The van der Waals surface area contributed by atoms with Gasteiger partial charge in [-0.3, -0.25) is 9.59 Å². The van der Waals surface area contributed by atoms with Gasteiger partial charge in [-0.05, 0) is 6.07 Å². The predicted molar refractivity (Wildman–Crippen MR) is 51.7 cm³/mol. The van der Waals surface area contributed by atoms with Crippen LogP contribution in [0.4, 0.5) is 0 Å². The third-order valence-electron chi connectivity index (χ3n) is 2.36. The maximum atomic E-state index is 11.5. The molecule has 0 amide bonds. The molecule has 0 fully saturated rings. The highest BCUT2D eigenvalue weighted by Gasteiger charge is 2.35. The summed E-state index contributed by atoms with van der Waals surface area (Å²) in [6, 6.07) is 6.99. The second-order valence-corrected chi connectivity index (χ2v) is 3.25. The van der Waals surface area contributed by atoms with Crippen molar-refractivity contribution >= 4 is 11.8 Å². The van der Waals surface area contributed by atoms with E-state index in [1.165, 1.54) is 7.11 Å². The van der Waals surface area contributed by atoms with E-state index < -0.39 is 11.9 Å². The van der Waals surface area contributed by atoms with Crippen molar-refractivity contribution in [2.45, 2.75) is 5.92 Å². The molecule has 0 saturated heterocycles. The van der Waals surface area contributed by atoms with Gasteiger partial charge in [-0.25, -0.2) is 0 Å². The first-order valence-corrected chi connectivity index (χ1v) is 4.56. The zero-order valence-corrected chi connectivity index (χ0v) is 8.23. The van der Waals surface area contributed by atoms with Gasteiger partial charge in [0.2, 0.25) is 0 Å². The van der Waals surface area contributed by atoms with Crippen LogP contribution in [0.3, 0.4) is 0 Å². The van der Waals surface area contributed by atoms with Crippen LogP contribution in [0.5, 0.6) is 5.75 Å². The van der Waals surface area contributed by atoms with E-state index in [-0.39, 0.29) is 12.4 Å². The molecule has 2 rings (SSSR count). The van der Waals surface area contributed by atoms with Crippen molar-refractivity contribution < 1.29 is 19.1 Å². The quantitative estimate of drug-likeness (QED) is 0.506. The van der Waals surface area contributed by atoms with Gasteiger partial charge in [0.05, 0.1) is 7.11 Å². The molecule has 1 heterocycles. The van der Waals surface area contributed by atoms with Gasteiger partial charge in [0.15, 0.2) is 5.78 Å². The maximum Gasteiger partial charge on any atom is 0.321 e. The summed E-state index contributed by atoms with van der Waals surface area (Å²) in [5.41, 5.74) is 0.584. The van der Waals surface area contributed by atoms with Crippen LogP contribution in [-0.4, -0.2) is 25.5 Å². The van der Waals surface area contributed by atoms with E-state index >= 15 is 0 Å². The third kappa shape index (κ3) is 1.58. The van der Waals surface area contributed by atoms with Crippen LogP contribution in [0.2, 0.25) is 0 Å². The summed E-state index contributed by atoms with van der Waals surface area (Å²) in [5.74, 6) is -1.05. The van der Waals surface area contributed by atoms with Crippen LogP contribution in [0, 0.1) is 0 Å². The summed E-state index contributed by atoms with van der Waals surface area (Å²) in [6.07, 6.45) is 0. The van der Waals surface area contributed by atoms with Gasteiger partial charge in [-0.2, -0.15) is 0 Å². The number of methoxy groups -OCH3 is 1. The van der Waals surface area contributed by atoms with Crippen LogP contribution < -0.4 is 4.74 Å². The monoisotopic (exact) mass is 206 g/mol. The van der Waals surface area contributed by atoms with Crippen molar-refractivity contribution in [3.63, 3.8) is 0 Å². The van der Waals surface area contributed by atoms with E-state index in [0.29, 0.717) is 11.3 Å². The number of hydrogen-bond acceptors (Lipinski definition) is 4. The number of carbonyl (C=O) groups is 2. The predicted octanol–water partition coefficient (Wildman–Crippen LogP) is 0.905. The van der Waals surface area contributed by atoms with E-state index in [9.17, 15) is 9.59 Å². The van der Waals surface area contributed by atoms with Crippen molar-refractivity contribution in [3.05, 3.63) is 29.8 Å². The zero-order chi connectivity index (χ0) is 10.8. The van der Waals surface area contributed by atoms with Crippen molar-refractivity contribution in [3.8, 4) is 5.75 Å². The minimum atomic E-state index is -0.833. The molecule has 1 atom stereocenters. The Hall–Kier alpha value is -1.84. The molecule has 0 spiro atoms. The second-order valence-electron chi connectivity index (χ2n) is 3.25. The average Bonchev–Trinajstić information content (AvgIpc) is 2.28. The highest BCUT2D eigenvalue weighted by molar-refractivity contribution is 6.06. The molecule has 0 N–H and O–H groups in total. The molecule has 0 bridgehead atoms. The molecule has 4 heteroatoms. The van der Waals surface area contributed by atoms with Crippen LogP contribution in [0.15, 0.2) is 24.3 Å². The minimum absolute atomic E-state index is 0.0726. The van der Waals surface area contributed by atoms with Crippen molar-refractivity contribution in [1.29, 1.82) is 0 Å². The number of para-hydroxylation sites is 1. The van der Waals surface area contributed by atoms with Crippen molar-refractivity contribution in [2.24, 2.45) is 0 Å². The number of hydrogen-bond donors (Lipinski definition) is 0. The Kier molecular flexibility index (Phi) is 2.41. The Balaban J connectivity index is 2.46. The van der Waals surface area contributed by atoms with Crippen LogP contribution in [-0.2, 0) is 14.3 Å². The third-order valence-corrected chi connectivity index (χ3v) is 2.36. The summed E-state index contributed by atoms with van der Waals surface area (Å²) < 4.78 is 9.80. The molecule has 0 radical (unpaired) electrons. The molecule has 1 unspecified atom stereocenters. The highest BCUT2D eigenvalue weighted by Crippen LogP contribution is 2.31. The SMILES string of the molecule is COC(=O)C1C(=O)COc2ccccc21. The normalized spacial score (nSPS) is 19.0. The number of esters is 1. The minimum Gasteiger partial charge on any atom is -0.485 e. The number of benzene rings is 1. The fourth-order valence-corrected chi connectivity index (χ4v) is 1.63. The number of carbonyl (C=O) groups excluding carboxylic acids is 2. The van der Waals surface area contributed by atoms with Crippen molar-refractivity contribution in [2.75, 3.05) is 13.7 Å². The van der Waals surface area contributed by atoms with Gasteiger partial charge in [-0.1, -0.05) is 18.2 Å². The lowest BCUT2D eigenvalue weighted by molar-refractivity contribution is -0.146. The van der Waals surface area contributed by atoms with E-state index in [4.69, 9.17) is 4.74 Å². The molecule has 1 aliphatic heterocycles. The van der Waals surface area contributed by atoms with Gasteiger partial charge in [0, 0.05) is 5.56 Å². The molecule has 0 saturated carbocycles. The van der Waals surface area contributed by atoms with E-state index in [0.717, 1.165) is 0 Å². The van der Waals surface area contributed by atoms with Crippen LogP contribution in [0.25, 0.3) is 0 Å². The molecular formula is C11H10O4. The van der Waals surface area contributed by atoms with Crippen LogP contribution in [0.1, 0.15) is 11.5 Å². The fourth-order valence-electron chi connectivity index (χ4n) is 1.63. The van der Waals surface area contributed by atoms with E-state index in [2.05, 4.69) is 4.74 Å². The molecule has 0 aliphatic carbocycles. The Morgan fingerprint density at radius 3 is 2.93 bits per heavy atom. The molecule has 78 valence electrons. The largest absolute Gasteiger partial charge is 0.485 e. The smallest absolute Gasteiger partial charge is 0.321 e. The van der Waals surface area contributed by atoms with Crippen LogP contribution >= 0.6 is 0 Å². The van der Waals surface area contributed by atoms with Gasteiger partial charge in [-0.15, -0.1) is 0 Å². The lowest BCUT2D eigenvalue weighted by Gasteiger charge is -2.22. The topological polar surface area (TPSA) is 52.6 Å². The average molecular weight is 206 g/mol. The molecule has 1 aromatic carbocycles. The summed E-state index contributed by atoms with van der Waals surface area (Å²) in [6.45, 7) is -0.0726. The fraction of sp³-hybridized carbons (Fsp3) is 0.273. The second kappa shape index (κ2) is 3.73. The molecule has 15 heavy (non-hydrogen) atoms. The summed E-state index contributed by atoms with van der Waals surface area (Å²) in [5, 5.41) is 0. The lowest BCUT2D eigenvalue weighted by atomic mass is 9.92. The first-order chi connectivity index (χ1) is 7.24. The summed E-state index contributed by atoms with van der Waals surface area (Å²) in [4.78, 5) is 23.0. The number of ketones is 1. The Morgan fingerprint density at radius 2 is 2.20 bits per heavy atom. The van der Waals surface area contributed by atoms with E-state index in [1.807, 2.05) is 0 Å². The summed E-state index contributed by atoms with van der Waals surface area (Å²) >= 11 is 0. The van der Waals surface area contributed by atoms with Crippen molar-refractivity contribution in [1.82, 2.24) is 0 Å². The first-order valence-electron chi connectivity index (χ1n) is 4.56. The molecule has 1 aromatic rings. The summed E-state index contributed by atoms with van der Waals surface area (Å²) in [7, 11) is 1.27. The first kappa shape index (κ1) is 9.71. The molecule has 1 aliphatic rings. The molecular weight excluding hydrogens is 196 g/mol. The number of rotatable bonds is 1. The Labute approximate surface area is 86.8 Å². The number of fused-ring (bicyclic) bond motifs is 1. The number of ether oxygens (including phenoxy) is 2. The standard InChI is InChI=1S/C11H10O4/c1-14-11(13)10-7-4-2-3-5-9(7)15-6-8(10)12/h2-5,10H,6H2,1H3. The zero-order valence-electron chi connectivity index (χ0n) is 8.23. The van der Waals surface area contributed by atoms with Gasteiger partial charge in [0.25, 0.3) is 0 Å². The molecule has 4 nitrogen and oxygen atoms in total. The van der Waals surface area contributed by atoms with E-state index in [1.54, 1.807) is 24.3 Å². The van der Waals surface area contributed by atoms with Gasteiger partial charge >= 0.3 is 5.97 Å².